The number of halogens is 1. The summed E-state index contributed by atoms with van der Waals surface area (Å²) >= 11 is 6.23. The molecule has 0 bridgehead atoms. The molecule has 2 heterocycles. The molecule has 0 saturated carbocycles. The van der Waals surface area contributed by atoms with Crippen molar-refractivity contribution in [3.8, 4) is 17.2 Å². The van der Waals surface area contributed by atoms with Crippen LogP contribution in [0, 0.1) is 0 Å². The molecule has 3 aromatic rings. The van der Waals surface area contributed by atoms with Gasteiger partial charge in [-0.2, -0.15) is 0 Å². The van der Waals surface area contributed by atoms with Gasteiger partial charge >= 0.3 is 0 Å². The Morgan fingerprint density at radius 1 is 1.22 bits per heavy atom. The van der Waals surface area contributed by atoms with Gasteiger partial charge in [-0.15, -0.1) is 0 Å². The van der Waals surface area contributed by atoms with Crippen LogP contribution in [0.25, 0.3) is 10.9 Å². The Kier molecular flexibility index (Phi) is 4.81. The summed E-state index contributed by atoms with van der Waals surface area (Å²) in [7, 11) is 1.64. The number of ether oxygens (including phenoxy) is 3. The van der Waals surface area contributed by atoms with Gasteiger partial charge < -0.3 is 24.5 Å². The molecule has 27 heavy (non-hydrogen) atoms. The van der Waals surface area contributed by atoms with E-state index < -0.39 is 0 Å². The predicted octanol–water partition coefficient (Wildman–Crippen LogP) is 3.57. The summed E-state index contributed by atoms with van der Waals surface area (Å²) in [6.07, 6.45) is 2.65. The number of hydrogen-bond acceptors (Lipinski definition) is 4. The zero-order valence-corrected chi connectivity index (χ0v) is 15.6. The molecular formula is C20H19ClN2O4. The second-order valence-electron chi connectivity index (χ2n) is 6.21. The number of benzene rings is 2. The van der Waals surface area contributed by atoms with Crippen LogP contribution in [0.1, 0.15) is 15.9 Å². The fraction of sp³-hybridized carbons (Fsp3) is 0.250. The van der Waals surface area contributed by atoms with Gasteiger partial charge in [-0.25, -0.2) is 0 Å². The van der Waals surface area contributed by atoms with Crippen molar-refractivity contribution in [1.82, 2.24) is 10.3 Å². The highest BCUT2D eigenvalue weighted by Crippen LogP contribution is 2.35. The zero-order valence-electron chi connectivity index (χ0n) is 14.8. The predicted molar refractivity (Wildman–Crippen MR) is 103 cm³/mol. The van der Waals surface area contributed by atoms with Crippen LogP contribution in [0.5, 0.6) is 17.2 Å². The van der Waals surface area contributed by atoms with Gasteiger partial charge in [-0.3, -0.25) is 4.79 Å². The Hall–Kier alpha value is -2.86. The van der Waals surface area contributed by atoms with E-state index in [0.29, 0.717) is 48.3 Å². The number of methoxy groups -OCH3 is 1. The van der Waals surface area contributed by atoms with E-state index in [9.17, 15) is 4.79 Å². The van der Waals surface area contributed by atoms with E-state index in [-0.39, 0.29) is 5.91 Å². The van der Waals surface area contributed by atoms with Crippen molar-refractivity contribution in [2.45, 2.75) is 6.42 Å². The maximum Gasteiger partial charge on any atom is 0.252 e. The first-order valence-electron chi connectivity index (χ1n) is 8.67. The third kappa shape index (κ3) is 3.53. The van der Waals surface area contributed by atoms with Crippen LogP contribution < -0.4 is 19.5 Å². The van der Waals surface area contributed by atoms with Crippen molar-refractivity contribution in [3.05, 3.63) is 52.7 Å². The van der Waals surface area contributed by atoms with E-state index >= 15 is 0 Å². The molecule has 1 amide bonds. The maximum absolute atomic E-state index is 12.5. The Bertz CT molecular complexity index is 999. The zero-order chi connectivity index (χ0) is 18.8. The highest BCUT2D eigenvalue weighted by molar-refractivity contribution is 6.34. The summed E-state index contributed by atoms with van der Waals surface area (Å²) in [6.45, 7) is 1.43. The number of fused-ring (bicyclic) bond motifs is 2. The Balaban J connectivity index is 1.43. The van der Waals surface area contributed by atoms with Gasteiger partial charge in [0.1, 0.15) is 19.0 Å². The lowest BCUT2D eigenvalue weighted by molar-refractivity contribution is 0.0953. The van der Waals surface area contributed by atoms with Crippen LogP contribution in [0.3, 0.4) is 0 Å². The van der Waals surface area contributed by atoms with Crippen LogP contribution in [0.4, 0.5) is 0 Å². The number of H-pyrrole nitrogens is 1. The first-order chi connectivity index (χ1) is 13.2. The summed E-state index contributed by atoms with van der Waals surface area (Å²) in [4.78, 5) is 15.7. The van der Waals surface area contributed by atoms with E-state index in [1.807, 2.05) is 24.4 Å². The topological polar surface area (TPSA) is 72.6 Å². The van der Waals surface area contributed by atoms with Gasteiger partial charge in [0.25, 0.3) is 5.91 Å². The number of amides is 1. The minimum atomic E-state index is -0.238. The van der Waals surface area contributed by atoms with Gasteiger partial charge in [-0.05, 0) is 30.2 Å². The van der Waals surface area contributed by atoms with E-state index in [1.54, 1.807) is 19.2 Å². The third-order valence-electron chi connectivity index (χ3n) is 4.53. The second kappa shape index (κ2) is 7.40. The normalized spacial score (nSPS) is 12.8. The van der Waals surface area contributed by atoms with Crippen LogP contribution in [0.15, 0.2) is 36.5 Å². The number of carbonyl (C=O) groups is 1. The third-order valence-corrected chi connectivity index (χ3v) is 4.84. The summed E-state index contributed by atoms with van der Waals surface area (Å²) in [5, 5.41) is 4.37. The summed E-state index contributed by atoms with van der Waals surface area (Å²) in [5.41, 5.74) is 2.51. The molecule has 0 fully saturated rings. The van der Waals surface area contributed by atoms with Gasteiger partial charge in [0.15, 0.2) is 11.5 Å². The Morgan fingerprint density at radius 2 is 2.00 bits per heavy atom. The number of aromatic amines is 1. The van der Waals surface area contributed by atoms with Gasteiger partial charge in [-0.1, -0.05) is 11.6 Å². The minimum Gasteiger partial charge on any atom is -0.497 e. The number of nitrogens with one attached hydrogen (secondary N) is 2. The Morgan fingerprint density at radius 3 is 2.78 bits per heavy atom. The first-order valence-corrected chi connectivity index (χ1v) is 9.05. The highest BCUT2D eigenvalue weighted by Gasteiger charge is 2.19. The molecule has 2 aromatic carbocycles. The molecule has 1 aromatic heterocycles. The first kappa shape index (κ1) is 17.5. The lowest BCUT2D eigenvalue weighted by atomic mass is 10.1. The largest absolute Gasteiger partial charge is 0.497 e. The standard InChI is InChI=1S/C20H19ClN2O4/c1-25-13-2-3-14-12(11-23-17(14)8-13)4-5-22-20(24)15-9-18-19(10-16(15)21)27-7-6-26-18/h2-3,8-11,23H,4-7H2,1H3,(H,22,24). The molecule has 4 rings (SSSR count). The minimum absolute atomic E-state index is 0.238. The van der Waals surface area contributed by atoms with Crippen molar-refractivity contribution in [2.75, 3.05) is 26.9 Å². The van der Waals surface area contributed by atoms with Gasteiger partial charge in [0.2, 0.25) is 0 Å². The van der Waals surface area contributed by atoms with Crippen LogP contribution in [0.2, 0.25) is 5.02 Å². The summed E-state index contributed by atoms with van der Waals surface area (Å²) in [5.74, 6) is 1.68. The molecule has 6 nitrogen and oxygen atoms in total. The van der Waals surface area contributed by atoms with Crippen LogP contribution in [-0.2, 0) is 6.42 Å². The molecule has 140 valence electrons. The quantitative estimate of drug-likeness (QED) is 0.703. The smallest absolute Gasteiger partial charge is 0.252 e. The lowest BCUT2D eigenvalue weighted by Gasteiger charge is -2.19. The van der Waals surface area contributed by atoms with Gasteiger partial charge in [0.05, 0.1) is 17.7 Å². The SMILES string of the molecule is COc1ccc2c(CCNC(=O)c3cc4c(cc3Cl)OCCO4)c[nH]c2c1. The second-order valence-corrected chi connectivity index (χ2v) is 6.61. The van der Waals surface area contributed by atoms with E-state index in [4.69, 9.17) is 25.8 Å². The molecule has 0 spiro atoms. The van der Waals surface area contributed by atoms with Crippen molar-refractivity contribution in [1.29, 1.82) is 0 Å². The van der Waals surface area contributed by atoms with Crippen molar-refractivity contribution in [3.63, 3.8) is 0 Å². The number of rotatable bonds is 5. The fourth-order valence-corrected chi connectivity index (χ4v) is 3.38. The average molecular weight is 387 g/mol. The van der Waals surface area contributed by atoms with Crippen LogP contribution >= 0.6 is 11.6 Å². The molecule has 7 heteroatoms. The summed E-state index contributed by atoms with van der Waals surface area (Å²) < 4.78 is 16.2. The van der Waals surface area contributed by atoms with Crippen molar-refractivity contribution in [2.24, 2.45) is 0 Å². The number of carbonyl (C=O) groups excluding carboxylic acids is 1. The average Bonchev–Trinajstić information content (AvgIpc) is 3.09. The molecule has 2 N–H and O–H groups in total. The summed E-state index contributed by atoms with van der Waals surface area (Å²) in [6, 6.07) is 9.14. The van der Waals surface area contributed by atoms with Gasteiger partial charge in [0, 0.05) is 35.8 Å². The van der Waals surface area contributed by atoms with Crippen molar-refractivity contribution >= 4 is 28.4 Å². The fourth-order valence-electron chi connectivity index (χ4n) is 3.14. The van der Waals surface area contributed by atoms with E-state index in [0.717, 1.165) is 22.2 Å². The number of hydrogen-bond donors (Lipinski definition) is 2. The molecule has 0 aliphatic carbocycles. The molecular weight excluding hydrogens is 368 g/mol. The monoisotopic (exact) mass is 386 g/mol. The van der Waals surface area contributed by atoms with E-state index in [2.05, 4.69) is 10.3 Å². The molecule has 0 saturated heterocycles. The number of aromatic nitrogens is 1. The van der Waals surface area contributed by atoms with Crippen LogP contribution in [-0.4, -0.2) is 37.8 Å². The molecule has 1 aliphatic heterocycles. The molecule has 0 radical (unpaired) electrons. The van der Waals surface area contributed by atoms with Crippen molar-refractivity contribution < 1.29 is 19.0 Å². The maximum atomic E-state index is 12.5. The molecule has 0 atom stereocenters. The van der Waals surface area contributed by atoms with E-state index in [1.165, 1.54) is 0 Å². The lowest BCUT2D eigenvalue weighted by Crippen LogP contribution is -2.26. The highest BCUT2D eigenvalue weighted by atomic mass is 35.5. The molecule has 1 aliphatic rings. The molecule has 0 unspecified atom stereocenters. The Labute approximate surface area is 161 Å².